The number of halogens is 4. The lowest BCUT2D eigenvalue weighted by Gasteiger charge is -2.31. The number of nitrogens with zero attached hydrogens (tertiary/aromatic N) is 4. The molecule has 0 spiro atoms. The van der Waals surface area contributed by atoms with Gasteiger partial charge in [-0.25, -0.2) is 9.07 Å². The first kappa shape index (κ1) is 25.2. The van der Waals surface area contributed by atoms with Crippen molar-refractivity contribution in [2.24, 2.45) is 0 Å². The van der Waals surface area contributed by atoms with Crippen molar-refractivity contribution in [1.82, 2.24) is 14.3 Å². The van der Waals surface area contributed by atoms with Crippen molar-refractivity contribution in [3.05, 3.63) is 103 Å². The standard InChI is InChI=1S/C30H26F4N4O/c1-2-13-37-19-26(25-11-10-24(17-28(25)37)36-14-3-4-15-36)29(39,30(32,33)34)21-5-12-27-20(16-21)18-35-38(27)23-8-6-22(31)7-9-23/h2,5-12,16-19,39H,1,3-4,13-15H2. The van der Waals surface area contributed by atoms with Crippen molar-refractivity contribution in [1.29, 1.82) is 0 Å². The maximum absolute atomic E-state index is 14.9. The Bertz CT molecular complexity index is 1680. The van der Waals surface area contributed by atoms with Gasteiger partial charge in [0.05, 0.1) is 22.9 Å². The highest BCUT2D eigenvalue weighted by Gasteiger charge is 2.57. The summed E-state index contributed by atoms with van der Waals surface area (Å²) < 4.78 is 61.3. The molecule has 1 unspecified atom stereocenters. The van der Waals surface area contributed by atoms with Gasteiger partial charge in [-0.2, -0.15) is 18.3 Å². The topological polar surface area (TPSA) is 46.2 Å². The van der Waals surface area contributed by atoms with Gasteiger partial charge in [0, 0.05) is 47.9 Å². The monoisotopic (exact) mass is 534 g/mol. The molecule has 2 aromatic heterocycles. The predicted octanol–water partition coefficient (Wildman–Crippen LogP) is 6.70. The number of fused-ring (bicyclic) bond motifs is 2. The Morgan fingerprint density at radius 2 is 1.64 bits per heavy atom. The average Bonchev–Trinajstić information content (AvgIpc) is 3.67. The molecule has 0 amide bonds. The summed E-state index contributed by atoms with van der Waals surface area (Å²) in [5.74, 6) is -0.407. The van der Waals surface area contributed by atoms with Gasteiger partial charge in [0.1, 0.15) is 5.82 Å². The molecule has 1 saturated heterocycles. The van der Waals surface area contributed by atoms with Crippen LogP contribution in [0.1, 0.15) is 24.0 Å². The van der Waals surface area contributed by atoms with Gasteiger partial charge in [-0.3, -0.25) is 0 Å². The number of aromatic nitrogens is 3. The van der Waals surface area contributed by atoms with E-state index in [0.29, 0.717) is 27.5 Å². The highest BCUT2D eigenvalue weighted by molar-refractivity contribution is 5.89. The van der Waals surface area contributed by atoms with Gasteiger partial charge in [0.15, 0.2) is 0 Å². The van der Waals surface area contributed by atoms with Gasteiger partial charge in [-0.05, 0) is 66.9 Å². The number of hydrogen-bond donors (Lipinski definition) is 1. The van der Waals surface area contributed by atoms with E-state index in [1.807, 2.05) is 12.1 Å². The Morgan fingerprint density at radius 3 is 2.33 bits per heavy atom. The first-order valence-corrected chi connectivity index (χ1v) is 12.7. The molecule has 3 aromatic carbocycles. The molecule has 1 aliphatic rings. The lowest BCUT2D eigenvalue weighted by Crippen LogP contribution is -2.43. The third kappa shape index (κ3) is 4.08. The largest absolute Gasteiger partial charge is 0.425 e. The maximum Gasteiger partial charge on any atom is 0.425 e. The Morgan fingerprint density at radius 1 is 0.923 bits per heavy atom. The second-order valence-electron chi connectivity index (χ2n) is 9.89. The van der Waals surface area contributed by atoms with Crippen LogP contribution in [0.3, 0.4) is 0 Å². The van der Waals surface area contributed by atoms with Crippen LogP contribution in [-0.2, 0) is 12.1 Å². The van der Waals surface area contributed by atoms with Gasteiger partial charge in [0.2, 0.25) is 5.60 Å². The molecule has 0 radical (unpaired) electrons. The fourth-order valence-electron chi connectivity index (χ4n) is 5.55. The average molecular weight is 535 g/mol. The molecular weight excluding hydrogens is 508 g/mol. The van der Waals surface area contributed by atoms with Crippen LogP contribution in [0, 0.1) is 5.82 Å². The summed E-state index contributed by atoms with van der Waals surface area (Å²) in [7, 11) is 0. The van der Waals surface area contributed by atoms with Crippen LogP contribution in [0.15, 0.2) is 85.7 Å². The van der Waals surface area contributed by atoms with E-state index >= 15 is 0 Å². The molecule has 0 aliphatic carbocycles. The van der Waals surface area contributed by atoms with Crippen molar-refractivity contribution in [2.45, 2.75) is 31.2 Å². The molecule has 6 rings (SSSR count). The van der Waals surface area contributed by atoms with E-state index in [-0.39, 0.29) is 17.7 Å². The second kappa shape index (κ2) is 9.27. The van der Waals surface area contributed by atoms with E-state index < -0.39 is 17.6 Å². The molecule has 1 N–H and O–H groups in total. The summed E-state index contributed by atoms with van der Waals surface area (Å²) in [6.45, 7) is 5.85. The highest BCUT2D eigenvalue weighted by Crippen LogP contribution is 2.48. The highest BCUT2D eigenvalue weighted by atomic mass is 19.4. The third-order valence-corrected chi connectivity index (χ3v) is 7.52. The number of benzene rings is 3. The first-order chi connectivity index (χ1) is 18.7. The zero-order valence-corrected chi connectivity index (χ0v) is 21.0. The number of anilines is 1. The lowest BCUT2D eigenvalue weighted by molar-refractivity contribution is -0.247. The summed E-state index contributed by atoms with van der Waals surface area (Å²) in [6.07, 6.45) is 1.56. The van der Waals surface area contributed by atoms with E-state index in [1.54, 1.807) is 16.7 Å². The first-order valence-electron chi connectivity index (χ1n) is 12.7. The molecule has 1 fully saturated rings. The molecule has 0 bridgehead atoms. The third-order valence-electron chi connectivity index (χ3n) is 7.52. The number of aliphatic hydroxyl groups is 1. The van der Waals surface area contributed by atoms with Gasteiger partial charge >= 0.3 is 6.18 Å². The van der Waals surface area contributed by atoms with E-state index in [4.69, 9.17) is 0 Å². The van der Waals surface area contributed by atoms with Gasteiger partial charge < -0.3 is 14.6 Å². The smallest absolute Gasteiger partial charge is 0.372 e. The zero-order chi connectivity index (χ0) is 27.4. The number of hydrogen-bond acceptors (Lipinski definition) is 3. The lowest BCUT2D eigenvalue weighted by atomic mass is 9.85. The van der Waals surface area contributed by atoms with Crippen LogP contribution >= 0.6 is 0 Å². The van der Waals surface area contributed by atoms with Crippen LogP contribution in [0.25, 0.3) is 27.5 Å². The Kier molecular flexibility index (Phi) is 5.99. The predicted molar refractivity (Wildman–Crippen MR) is 144 cm³/mol. The summed E-state index contributed by atoms with van der Waals surface area (Å²) in [6, 6.07) is 15.1. The Labute approximate surface area is 222 Å². The Hall–Kier alpha value is -4.11. The summed E-state index contributed by atoms with van der Waals surface area (Å²) in [4.78, 5) is 2.22. The number of rotatable bonds is 6. The molecule has 1 aliphatic heterocycles. The van der Waals surface area contributed by atoms with Crippen molar-refractivity contribution in [3.63, 3.8) is 0 Å². The normalized spacial score (nSPS) is 15.8. The molecule has 9 heteroatoms. The van der Waals surface area contributed by atoms with Crippen LogP contribution < -0.4 is 4.90 Å². The van der Waals surface area contributed by atoms with Crippen LogP contribution in [0.5, 0.6) is 0 Å². The van der Waals surface area contributed by atoms with Crippen molar-refractivity contribution < 1.29 is 22.7 Å². The van der Waals surface area contributed by atoms with Crippen LogP contribution in [-0.4, -0.2) is 38.7 Å². The van der Waals surface area contributed by atoms with Crippen molar-refractivity contribution >= 4 is 27.5 Å². The molecule has 0 saturated carbocycles. The van der Waals surface area contributed by atoms with E-state index in [1.165, 1.54) is 59.5 Å². The summed E-state index contributed by atoms with van der Waals surface area (Å²) >= 11 is 0. The molecule has 5 nitrogen and oxygen atoms in total. The van der Waals surface area contributed by atoms with Crippen molar-refractivity contribution in [2.75, 3.05) is 18.0 Å². The van der Waals surface area contributed by atoms with Gasteiger partial charge in [-0.1, -0.05) is 18.2 Å². The fraction of sp³-hybridized carbons (Fsp3) is 0.233. The summed E-state index contributed by atoms with van der Waals surface area (Å²) in [5.41, 5.74) is -1.21. The zero-order valence-electron chi connectivity index (χ0n) is 21.0. The van der Waals surface area contributed by atoms with E-state index in [9.17, 15) is 22.7 Å². The molecule has 39 heavy (non-hydrogen) atoms. The van der Waals surface area contributed by atoms with Crippen LogP contribution in [0.2, 0.25) is 0 Å². The van der Waals surface area contributed by atoms with Gasteiger partial charge in [-0.15, -0.1) is 6.58 Å². The molecular formula is C30H26F4N4O. The Balaban J connectivity index is 1.51. The molecule has 200 valence electrons. The SMILES string of the molecule is C=CCn1cc(C(O)(c2ccc3c(cnn3-c3ccc(F)cc3)c2)C(F)(F)F)c2ccc(N3CCCC3)cc21. The number of alkyl halides is 3. The molecule has 1 atom stereocenters. The second-order valence-corrected chi connectivity index (χ2v) is 9.89. The number of allylic oxidation sites excluding steroid dienone is 1. The summed E-state index contributed by atoms with van der Waals surface area (Å²) in [5, 5.41) is 16.6. The maximum atomic E-state index is 14.9. The minimum Gasteiger partial charge on any atom is -0.372 e. The van der Waals surface area contributed by atoms with Crippen molar-refractivity contribution in [3.8, 4) is 5.69 Å². The van der Waals surface area contributed by atoms with Gasteiger partial charge in [0.25, 0.3) is 0 Å². The quantitative estimate of drug-likeness (QED) is 0.195. The van der Waals surface area contributed by atoms with E-state index in [0.717, 1.165) is 31.6 Å². The fourth-order valence-corrected chi connectivity index (χ4v) is 5.55. The molecule has 5 aromatic rings. The molecule has 3 heterocycles. The minimum absolute atomic E-state index is 0.245. The van der Waals surface area contributed by atoms with Crippen LogP contribution in [0.4, 0.5) is 23.2 Å². The van der Waals surface area contributed by atoms with E-state index in [2.05, 4.69) is 16.6 Å². The minimum atomic E-state index is -5.02.